The molecule has 0 saturated heterocycles. The molecule has 0 radical (unpaired) electrons. The molecule has 0 heterocycles. The number of carbonyl (C=O) groups is 1. The summed E-state index contributed by atoms with van der Waals surface area (Å²) >= 11 is 9.09. The van der Waals surface area contributed by atoms with Crippen molar-refractivity contribution in [3.8, 4) is 5.75 Å². The van der Waals surface area contributed by atoms with Crippen LogP contribution in [0, 0.1) is 0 Å². The zero-order valence-electron chi connectivity index (χ0n) is 10.4. The van der Waals surface area contributed by atoms with Crippen LogP contribution in [0.3, 0.4) is 0 Å². The van der Waals surface area contributed by atoms with Gasteiger partial charge < -0.3 is 4.74 Å². The average molecular weight is 337 g/mol. The van der Waals surface area contributed by atoms with Crippen LogP contribution in [0.5, 0.6) is 5.75 Å². The second-order valence-electron chi connectivity index (χ2n) is 4.60. The van der Waals surface area contributed by atoms with Gasteiger partial charge in [-0.3, -0.25) is 9.63 Å². The Kier molecular flexibility index (Phi) is 5.44. The fourth-order valence-electron chi connectivity index (χ4n) is 0.975. The maximum atomic E-state index is 11.4. The molecule has 100 valence electrons. The zero-order chi connectivity index (χ0) is 13.8. The number of hydrogen-bond acceptors (Lipinski definition) is 3. The van der Waals surface area contributed by atoms with Gasteiger partial charge >= 0.3 is 0 Å². The van der Waals surface area contributed by atoms with Gasteiger partial charge in [-0.15, -0.1) is 0 Å². The van der Waals surface area contributed by atoms with Crippen LogP contribution in [-0.2, 0) is 9.63 Å². The monoisotopic (exact) mass is 335 g/mol. The summed E-state index contributed by atoms with van der Waals surface area (Å²) in [4.78, 5) is 16.6. The molecule has 1 amide bonds. The third-order valence-corrected chi connectivity index (χ3v) is 2.58. The van der Waals surface area contributed by atoms with E-state index in [-0.39, 0.29) is 12.5 Å². The van der Waals surface area contributed by atoms with Gasteiger partial charge in [0.05, 0.1) is 10.1 Å². The van der Waals surface area contributed by atoms with E-state index in [0.717, 1.165) is 0 Å². The van der Waals surface area contributed by atoms with Gasteiger partial charge in [0, 0.05) is 5.02 Å². The number of benzene rings is 1. The van der Waals surface area contributed by atoms with Gasteiger partial charge in [-0.05, 0) is 54.9 Å². The second kappa shape index (κ2) is 6.41. The highest BCUT2D eigenvalue weighted by molar-refractivity contribution is 9.10. The van der Waals surface area contributed by atoms with E-state index in [1.54, 1.807) is 18.2 Å². The molecule has 0 aromatic heterocycles. The highest BCUT2D eigenvalue weighted by atomic mass is 79.9. The Morgan fingerprint density at radius 1 is 1.44 bits per heavy atom. The minimum Gasteiger partial charge on any atom is -0.483 e. The van der Waals surface area contributed by atoms with Gasteiger partial charge in [-0.25, -0.2) is 5.48 Å². The minimum atomic E-state index is -0.434. The van der Waals surface area contributed by atoms with Crippen LogP contribution in [-0.4, -0.2) is 18.1 Å². The molecule has 0 unspecified atom stereocenters. The molecule has 1 rings (SSSR count). The predicted octanol–water partition coefficient (Wildman–Crippen LogP) is 3.33. The average Bonchev–Trinajstić information content (AvgIpc) is 2.24. The van der Waals surface area contributed by atoms with E-state index < -0.39 is 5.60 Å². The first-order valence-corrected chi connectivity index (χ1v) is 6.50. The Labute approximate surface area is 120 Å². The molecule has 0 bridgehead atoms. The van der Waals surface area contributed by atoms with Crippen molar-refractivity contribution in [2.24, 2.45) is 0 Å². The zero-order valence-corrected chi connectivity index (χ0v) is 12.8. The summed E-state index contributed by atoms with van der Waals surface area (Å²) in [5, 5.41) is 0.592. The number of ether oxygens (including phenoxy) is 1. The Balaban J connectivity index is 2.43. The van der Waals surface area contributed by atoms with Crippen molar-refractivity contribution in [3.63, 3.8) is 0 Å². The number of nitrogens with one attached hydrogen (secondary N) is 1. The maximum Gasteiger partial charge on any atom is 0.281 e. The van der Waals surface area contributed by atoms with Crippen LogP contribution in [0.2, 0.25) is 5.02 Å². The first kappa shape index (κ1) is 15.3. The van der Waals surface area contributed by atoms with Crippen molar-refractivity contribution in [2.45, 2.75) is 26.4 Å². The lowest BCUT2D eigenvalue weighted by atomic mass is 10.2. The van der Waals surface area contributed by atoms with E-state index in [2.05, 4.69) is 21.4 Å². The normalized spacial score (nSPS) is 11.2. The third-order valence-electron chi connectivity index (χ3n) is 1.72. The molecule has 1 aromatic rings. The number of carbonyl (C=O) groups excluding carboxylic acids is 1. The highest BCUT2D eigenvalue weighted by Gasteiger charge is 2.13. The summed E-state index contributed by atoms with van der Waals surface area (Å²) in [7, 11) is 0. The molecule has 6 heteroatoms. The summed E-state index contributed by atoms with van der Waals surface area (Å²) in [6.45, 7) is 5.38. The summed E-state index contributed by atoms with van der Waals surface area (Å²) in [6.07, 6.45) is 0. The van der Waals surface area contributed by atoms with Gasteiger partial charge in [0.25, 0.3) is 5.91 Å². The maximum absolute atomic E-state index is 11.4. The van der Waals surface area contributed by atoms with E-state index >= 15 is 0 Å². The summed E-state index contributed by atoms with van der Waals surface area (Å²) in [5.41, 5.74) is 1.88. The van der Waals surface area contributed by atoms with Crippen molar-refractivity contribution in [2.75, 3.05) is 6.61 Å². The van der Waals surface area contributed by atoms with E-state index in [0.29, 0.717) is 15.2 Å². The van der Waals surface area contributed by atoms with Crippen molar-refractivity contribution in [1.82, 2.24) is 5.48 Å². The molecular weight excluding hydrogens is 321 g/mol. The number of hydrogen-bond donors (Lipinski definition) is 1. The fourth-order valence-corrected chi connectivity index (χ4v) is 1.77. The molecule has 0 atom stereocenters. The summed E-state index contributed by atoms with van der Waals surface area (Å²) in [5.74, 6) is 0.192. The van der Waals surface area contributed by atoms with Crippen LogP contribution < -0.4 is 10.2 Å². The third kappa shape index (κ3) is 5.71. The molecular formula is C12H15BrClNO3. The molecule has 1 N–H and O–H groups in total. The van der Waals surface area contributed by atoms with Gasteiger partial charge in [0.1, 0.15) is 5.75 Å². The number of rotatable bonds is 4. The quantitative estimate of drug-likeness (QED) is 0.858. The summed E-state index contributed by atoms with van der Waals surface area (Å²) in [6, 6.07) is 5.07. The van der Waals surface area contributed by atoms with Gasteiger partial charge in [-0.1, -0.05) is 11.6 Å². The summed E-state index contributed by atoms with van der Waals surface area (Å²) < 4.78 is 6.02. The Bertz CT molecular complexity index is 432. The fraction of sp³-hybridized carbons (Fsp3) is 0.417. The van der Waals surface area contributed by atoms with Gasteiger partial charge in [0.15, 0.2) is 6.61 Å². The van der Waals surface area contributed by atoms with Gasteiger partial charge in [-0.2, -0.15) is 0 Å². The Hall–Kier alpha value is -0.780. The van der Waals surface area contributed by atoms with Crippen LogP contribution in [0.1, 0.15) is 20.8 Å². The predicted molar refractivity (Wildman–Crippen MR) is 73.6 cm³/mol. The van der Waals surface area contributed by atoms with Crippen LogP contribution in [0.25, 0.3) is 0 Å². The number of hydroxylamine groups is 1. The number of halogens is 2. The topological polar surface area (TPSA) is 47.6 Å². The standard InChI is InChI=1S/C12H15BrClNO3/c1-12(2,3)18-15-11(16)7-17-10-5-4-8(14)6-9(10)13/h4-6H,7H2,1-3H3,(H,15,16). The Morgan fingerprint density at radius 2 is 2.11 bits per heavy atom. The minimum absolute atomic E-state index is 0.129. The van der Waals surface area contributed by atoms with Crippen LogP contribution in [0.4, 0.5) is 0 Å². The van der Waals surface area contributed by atoms with Crippen molar-refractivity contribution >= 4 is 33.4 Å². The largest absolute Gasteiger partial charge is 0.483 e. The molecule has 0 saturated carbocycles. The lowest BCUT2D eigenvalue weighted by molar-refractivity contribution is -0.147. The van der Waals surface area contributed by atoms with Crippen molar-refractivity contribution < 1.29 is 14.4 Å². The van der Waals surface area contributed by atoms with E-state index in [1.165, 1.54) is 0 Å². The SMILES string of the molecule is CC(C)(C)ONC(=O)COc1ccc(Cl)cc1Br. The van der Waals surface area contributed by atoms with E-state index in [9.17, 15) is 4.79 Å². The number of amides is 1. The first-order valence-electron chi connectivity index (χ1n) is 5.32. The highest BCUT2D eigenvalue weighted by Crippen LogP contribution is 2.27. The molecule has 4 nitrogen and oxygen atoms in total. The van der Waals surface area contributed by atoms with Crippen LogP contribution in [0.15, 0.2) is 22.7 Å². The molecule has 0 aliphatic rings. The lowest BCUT2D eigenvalue weighted by Crippen LogP contribution is -2.36. The molecule has 0 aliphatic carbocycles. The molecule has 18 heavy (non-hydrogen) atoms. The smallest absolute Gasteiger partial charge is 0.281 e. The van der Waals surface area contributed by atoms with Gasteiger partial charge in [0.2, 0.25) is 0 Å². The van der Waals surface area contributed by atoms with Crippen molar-refractivity contribution in [3.05, 3.63) is 27.7 Å². The van der Waals surface area contributed by atoms with E-state index in [4.69, 9.17) is 21.2 Å². The molecule has 1 aromatic carbocycles. The Morgan fingerprint density at radius 3 is 2.67 bits per heavy atom. The van der Waals surface area contributed by atoms with E-state index in [1.807, 2.05) is 20.8 Å². The first-order chi connectivity index (χ1) is 8.28. The molecule has 0 aliphatic heterocycles. The second-order valence-corrected chi connectivity index (χ2v) is 5.89. The molecule has 0 fully saturated rings. The van der Waals surface area contributed by atoms with Crippen LogP contribution >= 0.6 is 27.5 Å². The molecule has 0 spiro atoms. The van der Waals surface area contributed by atoms with Crippen molar-refractivity contribution in [1.29, 1.82) is 0 Å². The lowest BCUT2D eigenvalue weighted by Gasteiger charge is -2.19.